The van der Waals surface area contributed by atoms with Crippen molar-refractivity contribution in [2.45, 2.75) is 58.8 Å². The van der Waals surface area contributed by atoms with Gasteiger partial charge in [0.25, 0.3) is 11.8 Å². The molecule has 0 bridgehead atoms. The van der Waals surface area contributed by atoms with E-state index in [4.69, 9.17) is 17.0 Å². The topological polar surface area (TPSA) is 109 Å². The highest BCUT2D eigenvalue weighted by Gasteiger charge is 2.12. The maximum Gasteiger partial charge on any atom is 0.269 e. The molecule has 2 aromatic carbocycles. The Morgan fingerprint density at radius 1 is 0.861 bits per heavy atom. The summed E-state index contributed by atoms with van der Waals surface area (Å²) in [5.74, 6) is -0.269. The molecule has 0 saturated heterocycles. The number of thiocarbonyl (C=S) groups is 1. The van der Waals surface area contributed by atoms with Crippen LogP contribution in [0.4, 0.5) is 5.69 Å². The van der Waals surface area contributed by atoms with E-state index in [1.54, 1.807) is 42.5 Å². The Balaban J connectivity index is 1.79. The van der Waals surface area contributed by atoms with Gasteiger partial charge in [-0.3, -0.25) is 30.6 Å². The zero-order valence-corrected chi connectivity index (χ0v) is 23.0. The molecule has 0 aliphatic carbocycles. The second-order valence-electron chi connectivity index (χ2n) is 8.15. The number of halogens is 1. The van der Waals surface area contributed by atoms with Gasteiger partial charge in [-0.25, -0.2) is 0 Å². The van der Waals surface area contributed by atoms with Gasteiger partial charge < -0.3 is 10.1 Å². The third-order valence-electron chi connectivity index (χ3n) is 5.15. The van der Waals surface area contributed by atoms with Crippen LogP contribution in [0.3, 0.4) is 0 Å². The van der Waals surface area contributed by atoms with Crippen LogP contribution in [0.5, 0.6) is 5.75 Å². The molecule has 4 N–H and O–H groups in total. The predicted molar refractivity (Wildman–Crippen MR) is 149 cm³/mol. The predicted octanol–water partition coefficient (Wildman–Crippen LogP) is 5.49. The zero-order valence-electron chi connectivity index (χ0n) is 20.6. The zero-order chi connectivity index (χ0) is 26.3. The van der Waals surface area contributed by atoms with Crippen LogP contribution in [-0.2, 0) is 4.79 Å². The maximum absolute atomic E-state index is 12.5. The summed E-state index contributed by atoms with van der Waals surface area (Å²) in [7, 11) is 0. The Morgan fingerprint density at radius 3 is 2.22 bits per heavy atom. The molecule has 2 rings (SSSR count). The Kier molecular flexibility index (Phi) is 12.9. The highest BCUT2D eigenvalue weighted by molar-refractivity contribution is 9.10. The number of unbranched alkanes of at least 4 members (excludes halogenated alkanes) is 4. The third-order valence-corrected chi connectivity index (χ3v) is 5.98. The molecule has 8 nitrogen and oxygen atoms in total. The van der Waals surface area contributed by atoms with Gasteiger partial charge in [0.15, 0.2) is 5.11 Å². The van der Waals surface area contributed by atoms with Crippen molar-refractivity contribution in [3.63, 3.8) is 0 Å². The highest BCUT2D eigenvalue weighted by atomic mass is 79.9. The summed E-state index contributed by atoms with van der Waals surface area (Å²) >= 11 is 8.55. The minimum Gasteiger partial charge on any atom is -0.492 e. The monoisotopic (exact) mass is 576 g/mol. The summed E-state index contributed by atoms with van der Waals surface area (Å²) in [5.41, 5.74) is 6.31. The molecule has 0 atom stereocenters. The number of hydrogen-bond acceptors (Lipinski definition) is 5. The lowest BCUT2D eigenvalue weighted by Crippen LogP contribution is -2.48. The van der Waals surface area contributed by atoms with Crippen LogP contribution < -0.4 is 26.2 Å². The SMILES string of the molecule is CCCCCCOc1ccc(C(=O)NC(=S)NNC(=O)c2ccc(NC(=O)CCCC)cc2)cc1Br. The first kappa shape index (κ1) is 29.3. The average molecular weight is 578 g/mol. The molecular weight excluding hydrogens is 544 g/mol. The van der Waals surface area contributed by atoms with E-state index < -0.39 is 11.8 Å². The highest BCUT2D eigenvalue weighted by Crippen LogP contribution is 2.26. The lowest BCUT2D eigenvalue weighted by atomic mass is 10.2. The molecule has 10 heteroatoms. The van der Waals surface area contributed by atoms with E-state index in [0.717, 1.165) is 25.7 Å². The van der Waals surface area contributed by atoms with Gasteiger partial charge in [0.2, 0.25) is 5.91 Å². The van der Waals surface area contributed by atoms with E-state index in [-0.39, 0.29) is 11.0 Å². The van der Waals surface area contributed by atoms with Crippen molar-refractivity contribution in [1.82, 2.24) is 16.2 Å². The Hall–Kier alpha value is -2.98. The summed E-state index contributed by atoms with van der Waals surface area (Å²) in [6.07, 6.45) is 6.68. The molecule has 0 aromatic heterocycles. The second kappa shape index (κ2) is 15.9. The molecule has 0 unspecified atom stereocenters. The van der Waals surface area contributed by atoms with Crippen LogP contribution in [0.1, 0.15) is 79.5 Å². The maximum atomic E-state index is 12.5. The Bertz CT molecular complexity index is 1050. The number of carbonyl (C=O) groups excluding carboxylic acids is 3. The number of carbonyl (C=O) groups is 3. The molecular formula is C26H33BrN4O4S. The fraction of sp³-hybridized carbons (Fsp3) is 0.385. The molecule has 36 heavy (non-hydrogen) atoms. The van der Waals surface area contributed by atoms with Crippen molar-refractivity contribution in [1.29, 1.82) is 0 Å². The van der Waals surface area contributed by atoms with E-state index in [0.29, 0.717) is 40.1 Å². The van der Waals surface area contributed by atoms with Crippen LogP contribution in [0, 0.1) is 0 Å². The van der Waals surface area contributed by atoms with Gasteiger partial charge in [-0.2, -0.15) is 0 Å². The quantitative estimate of drug-likeness (QED) is 0.151. The molecule has 0 aliphatic rings. The smallest absolute Gasteiger partial charge is 0.269 e. The van der Waals surface area contributed by atoms with E-state index in [1.807, 2.05) is 6.92 Å². The van der Waals surface area contributed by atoms with Crippen LogP contribution in [0.2, 0.25) is 0 Å². The van der Waals surface area contributed by atoms with Crippen molar-refractivity contribution in [3.05, 3.63) is 58.1 Å². The number of anilines is 1. The van der Waals surface area contributed by atoms with E-state index in [9.17, 15) is 14.4 Å². The van der Waals surface area contributed by atoms with Crippen molar-refractivity contribution in [2.75, 3.05) is 11.9 Å². The lowest BCUT2D eigenvalue weighted by molar-refractivity contribution is -0.116. The van der Waals surface area contributed by atoms with E-state index >= 15 is 0 Å². The molecule has 3 amide bonds. The normalized spacial score (nSPS) is 10.3. The first-order chi connectivity index (χ1) is 17.3. The number of nitrogens with one attached hydrogen (secondary N) is 4. The number of hydrazine groups is 1. The fourth-order valence-electron chi connectivity index (χ4n) is 3.13. The Labute approximate surface area is 226 Å². The molecule has 0 saturated carbocycles. The summed E-state index contributed by atoms with van der Waals surface area (Å²) in [5, 5.41) is 5.25. The first-order valence-corrected chi connectivity index (χ1v) is 13.3. The van der Waals surface area contributed by atoms with Crippen molar-refractivity contribution in [3.8, 4) is 5.75 Å². The molecule has 2 aromatic rings. The largest absolute Gasteiger partial charge is 0.492 e. The van der Waals surface area contributed by atoms with Gasteiger partial charge >= 0.3 is 0 Å². The average Bonchev–Trinajstić information content (AvgIpc) is 2.87. The molecule has 0 aliphatic heterocycles. The second-order valence-corrected chi connectivity index (χ2v) is 9.41. The molecule has 0 fully saturated rings. The van der Waals surface area contributed by atoms with Crippen molar-refractivity contribution < 1.29 is 19.1 Å². The molecule has 0 spiro atoms. The fourth-order valence-corrected chi connectivity index (χ4v) is 3.77. The van der Waals surface area contributed by atoms with Crippen LogP contribution >= 0.6 is 28.1 Å². The van der Waals surface area contributed by atoms with Crippen LogP contribution in [-0.4, -0.2) is 29.4 Å². The minimum absolute atomic E-state index is 0.0551. The molecule has 0 radical (unpaired) electrons. The van der Waals surface area contributed by atoms with Gasteiger partial charge in [-0.15, -0.1) is 0 Å². The lowest BCUT2D eigenvalue weighted by Gasteiger charge is -2.12. The van der Waals surface area contributed by atoms with Crippen molar-refractivity contribution >= 4 is 56.7 Å². The third kappa shape index (κ3) is 10.3. The number of benzene rings is 2. The van der Waals surface area contributed by atoms with Gasteiger partial charge in [0.1, 0.15) is 5.75 Å². The van der Waals surface area contributed by atoms with Gasteiger partial charge in [0, 0.05) is 23.2 Å². The first-order valence-electron chi connectivity index (χ1n) is 12.1. The summed E-state index contributed by atoms with van der Waals surface area (Å²) in [6.45, 7) is 4.80. The van der Waals surface area contributed by atoms with E-state index in [2.05, 4.69) is 44.3 Å². The Morgan fingerprint density at radius 2 is 1.56 bits per heavy atom. The van der Waals surface area contributed by atoms with Gasteiger partial charge in [0.05, 0.1) is 11.1 Å². The number of ether oxygens (including phenoxy) is 1. The number of rotatable bonds is 12. The van der Waals surface area contributed by atoms with E-state index in [1.165, 1.54) is 12.8 Å². The van der Waals surface area contributed by atoms with Crippen LogP contribution in [0.15, 0.2) is 46.9 Å². The molecule has 0 heterocycles. The van der Waals surface area contributed by atoms with Crippen molar-refractivity contribution in [2.24, 2.45) is 0 Å². The number of hydrogen-bond donors (Lipinski definition) is 4. The van der Waals surface area contributed by atoms with Gasteiger partial charge in [-0.1, -0.05) is 39.5 Å². The molecule has 194 valence electrons. The van der Waals surface area contributed by atoms with Gasteiger partial charge in [-0.05, 0) is 83.5 Å². The summed E-state index contributed by atoms with van der Waals surface area (Å²) < 4.78 is 6.43. The standard InChI is InChI=1S/C26H33BrN4O4S/c1-3-5-7-8-16-35-22-15-12-19(17-21(22)27)24(33)29-26(36)31-30-25(34)18-10-13-20(14-11-18)28-23(32)9-6-4-2/h10-15,17H,3-9,16H2,1-2H3,(H,28,32)(H,30,34)(H2,29,31,33,36). The summed E-state index contributed by atoms with van der Waals surface area (Å²) in [6, 6.07) is 11.5. The minimum atomic E-state index is -0.446. The van der Waals surface area contributed by atoms with Crippen LogP contribution in [0.25, 0.3) is 0 Å². The number of amides is 3. The summed E-state index contributed by atoms with van der Waals surface area (Å²) in [4.78, 5) is 36.7.